The minimum absolute atomic E-state index is 0.0768. The van der Waals surface area contributed by atoms with Gasteiger partial charge < -0.3 is 5.11 Å². The number of anilines is 1. The number of carbonyl (C=O) groups is 2. The van der Waals surface area contributed by atoms with Crippen molar-refractivity contribution in [1.82, 2.24) is 5.43 Å². The van der Waals surface area contributed by atoms with Crippen LogP contribution in [0.1, 0.15) is 32.6 Å². The predicted molar refractivity (Wildman–Crippen MR) is 131 cm³/mol. The number of amides is 1. The number of nitrogens with one attached hydrogen (secondary N) is 1. The van der Waals surface area contributed by atoms with E-state index >= 15 is 0 Å². The number of nitrogens with zero attached hydrogens (tertiary/aromatic N) is 2. The van der Waals surface area contributed by atoms with Gasteiger partial charge in [-0.2, -0.15) is 5.10 Å². The summed E-state index contributed by atoms with van der Waals surface area (Å²) in [4.78, 5) is 23.7. The van der Waals surface area contributed by atoms with Crippen LogP contribution in [0.15, 0.2) is 76.7 Å². The van der Waals surface area contributed by atoms with E-state index < -0.39 is 28.4 Å². The maximum atomic E-state index is 13.5. The van der Waals surface area contributed by atoms with Crippen molar-refractivity contribution in [2.45, 2.75) is 25.7 Å². The largest absolute Gasteiger partial charge is 0.478 e. The summed E-state index contributed by atoms with van der Waals surface area (Å²) in [7, 11) is -4.03. The van der Waals surface area contributed by atoms with Gasteiger partial charge in [0.2, 0.25) is 0 Å². The number of hydrogen-bond acceptors (Lipinski definition) is 5. The molecular weight excluding hydrogens is 454 g/mol. The topological polar surface area (TPSA) is 116 Å². The Labute approximate surface area is 198 Å². The highest BCUT2D eigenvalue weighted by molar-refractivity contribution is 7.92. The first-order chi connectivity index (χ1) is 16.1. The summed E-state index contributed by atoms with van der Waals surface area (Å²) in [5, 5.41) is 12.8. The molecule has 9 heteroatoms. The van der Waals surface area contributed by atoms with Crippen LogP contribution < -0.4 is 9.73 Å². The molecular formula is C25H25N3O5S. The van der Waals surface area contributed by atoms with E-state index in [2.05, 4.69) is 10.5 Å². The standard InChI is InChI=1S/C25H25N3O5S/c1-17-4-11-22(12-5-17)34(32,33)28(23-13-6-18(2)14-19(23)3)16-24(29)27-26-15-20-7-9-21(10-8-20)25(30)31/h4-15H,16H2,1-3H3,(H,27,29)(H,30,31)/b26-15-. The lowest BCUT2D eigenvalue weighted by Gasteiger charge is -2.25. The number of carboxylic acid groups (broad SMARTS) is 1. The summed E-state index contributed by atoms with van der Waals surface area (Å²) in [6, 6.07) is 17.7. The van der Waals surface area contributed by atoms with Gasteiger partial charge in [-0.15, -0.1) is 0 Å². The molecule has 0 saturated heterocycles. The van der Waals surface area contributed by atoms with E-state index in [9.17, 15) is 18.0 Å². The van der Waals surface area contributed by atoms with Gasteiger partial charge in [0.1, 0.15) is 6.54 Å². The Kier molecular flexibility index (Phi) is 7.47. The molecule has 0 atom stereocenters. The van der Waals surface area contributed by atoms with Crippen LogP contribution in [-0.2, 0) is 14.8 Å². The first-order valence-corrected chi connectivity index (χ1v) is 11.8. The number of benzene rings is 3. The van der Waals surface area contributed by atoms with Crippen molar-refractivity contribution in [2.75, 3.05) is 10.8 Å². The van der Waals surface area contributed by atoms with Gasteiger partial charge in [-0.25, -0.2) is 18.6 Å². The average Bonchev–Trinajstić information content (AvgIpc) is 2.78. The van der Waals surface area contributed by atoms with Crippen molar-refractivity contribution in [3.05, 3.63) is 94.5 Å². The summed E-state index contributed by atoms with van der Waals surface area (Å²) in [6.07, 6.45) is 1.35. The predicted octanol–water partition coefficient (Wildman–Crippen LogP) is 3.66. The van der Waals surface area contributed by atoms with E-state index in [1.54, 1.807) is 43.3 Å². The second kappa shape index (κ2) is 10.3. The number of rotatable bonds is 8. The zero-order valence-electron chi connectivity index (χ0n) is 19.0. The third-order valence-corrected chi connectivity index (χ3v) is 6.85. The maximum Gasteiger partial charge on any atom is 0.335 e. The molecule has 0 saturated carbocycles. The Hall–Kier alpha value is -3.98. The molecule has 0 bridgehead atoms. The van der Waals surface area contributed by atoms with E-state index in [0.717, 1.165) is 15.4 Å². The number of sulfonamides is 1. The number of aryl methyl sites for hydroxylation is 3. The first-order valence-electron chi connectivity index (χ1n) is 10.4. The second-order valence-electron chi connectivity index (χ2n) is 7.84. The lowest BCUT2D eigenvalue weighted by molar-refractivity contribution is -0.119. The van der Waals surface area contributed by atoms with Crippen LogP contribution in [0.3, 0.4) is 0 Å². The van der Waals surface area contributed by atoms with E-state index in [1.807, 2.05) is 19.9 Å². The summed E-state index contributed by atoms with van der Waals surface area (Å²) in [5.74, 6) is -1.67. The molecule has 0 heterocycles. The van der Waals surface area contributed by atoms with Gasteiger partial charge in [-0.3, -0.25) is 9.10 Å². The molecule has 3 aromatic rings. The molecule has 0 aliphatic rings. The van der Waals surface area contributed by atoms with E-state index in [-0.39, 0.29) is 10.5 Å². The first kappa shape index (κ1) is 24.7. The highest BCUT2D eigenvalue weighted by atomic mass is 32.2. The van der Waals surface area contributed by atoms with Crippen molar-refractivity contribution in [3.63, 3.8) is 0 Å². The fourth-order valence-electron chi connectivity index (χ4n) is 3.28. The molecule has 3 rings (SSSR count). The second-order valence-corrected chi connectivity index (χ2v) is 9.70. The molecule has 0 aliphatic heterocycles. The molecule has 0 unspecified atom stereocenters. The van der Waals surface area contributed by atoms with Gasteiger partial charge in [-0.1, -0.05) is 47.5 Å². The van der Waals surface area contributed by atoms with Gasteiger partial charge in [0.25, 0.3) is 15.9 Å². The van der Waals surface area contributed by atoms with Gasteiger partial charge >= 0.3 is 5.97 Å². The van der Waals surface area contributed by atoms with Crippen LogP contribution >= 0.6 is 0 Å². The SMILES string of the molecule is Cc1ccc(S(=O)(=O)N(CC(=O)N/N=C\c2ccc(C(=O)O)cc2)c2ccc(C)cc2C)cc1. The minimum atomic E-state index is -4.03. The van der Waals surface area contributed by atoms with Gasteiger partial charge in [0.15, 0.2) is 0 Å². The van der Waals surface area contributed by atoms with Crippen molar-refractivity contribution >= 4 is 33.8 Å². The van der Waals surface area contributed by atoms with Crippen molar-refractivity contribution in [2.24, 2.45) is 5.10 Å². The van der Waals surface area contributed by atoms with Crippen LogP contribution in [0.2, 0.25) is 0 Å². The molecule has 0 aliphatic carbocycles. The Morgan fingerprint density at radius 3 is 2.15 bits per heavy atom. The average molecular weight is 480 g/mol. The number of aromatic carboxylic acids is 1. The van der Waals surface area contributed by atoms with Crippen LogP contribution in [0.25, 0.3) is 0 Å². The van der Waals surface area contributed by atoms with Gasteiger partial charge in [-0.05, 0) is 62.2 Å². The molecule has 0 spiro atoms. The Bertz CT molecular complexity index is 1330. The van der Waals surface area contributed by atoms with E-state index in [0.29, 0.717) is 16.8 Å². The number of carboxylic acids is 1. The highest BCUT2D eigenvalue weighted by Crippen LogP contribution is 2.27. The summed E-state index contributed by atoms with van der Waals surface area (Å²) < 4.78 is 28.0. The quantitative estimate of drug-likeness (QED) is 0.378. The minimum Gasteiger partial charge on any atom is -0.478 e. The van der Waals surface area contributed by atoms with Gasteiger partial charge in [0.05, 0.1) is 22.4 Å². The number of hydrogen-bond donors (Lipinski definition) is 2. The third-order valence-electron chi connectivity index (χ3n) is 5.08. The fourth-order valence-corrected chi connectivity index (χ4v) is 4.76. The maximum absolute atomic E-state index is 13.5. The smallest absolute Gasteiger partial charge is 0.335 e. The van der Waals surface area contributed by atoms with Crippen molar-refractivity contribution in [3.8, 4) is 0 Å². The lowest BCUT2D eigenvalue weighted by atomic mass is 10.1. The number of hydrazone groups is 1. The third kappa shape index (κ3) is 5.87. The Morgan fingerprint density at radius 1 is 0.941 bits per heavy atom. The molecule has 1 amide bonds. The lowest BCUT2D eigenvalue weighted by Crippen LogP contribution is -2.40. The summed E-state index contributed by atoms with van der Waals surface area (Å²) in [6.45, 7) is 5.07. The summed E-state index contributed by atoms with van der Waals surface area (Å²) in [5.41, 5.74) is 6.04. The van der Waals surface area contributed by atoms with Crippen LogP contribution in [-0.4, -0.2) is 38.2 Å². The molecule has 3 aromatic carbocycles. The molecule has 8 nitrogen and oxygen atoms in total. The van der Waals surface area contributed by atoms with Gasteiger partial charge in [0, 0.05) is 0 Å². The molecule has 0 radical (unpaired) electrons. The van der Waals surface area contributed by atoms with Crippen LogP contribution in [0.4, 0.5) is 5.69 Å². The van der Waals surface area contributed by atoms with Crippen molar-refractivity contribution < 1.29 is 23.1 Å². The van der Waals surface area contributed by atoms with E-state index in [1.165, 1.54) is 30.5 Å². The summed E-state index contributed by atoms with van der Waals surface area (Å²) >= 11 is 0. The van der Waals surface area contributed by atoms with Crippen LogP contribution in [0, 0.1) is 20.8 Å². The molecule has 176 valence electrons. The fraction of sp³-hybridized carbons (Fsp3) is 0.160. The molecule has 2 N–H and O–H groups in total. The zero-order chi connectivity index (χ0) is 24.9. The molecule has 0 fully saturated rings. The van der Waals surface area contributed by atoms with Crippen LogP contribution in [0.5, 0.6) is 0 Å². The van der Waals surface area contributed by atoms with Crippen molar-refractivity contribution in [1.29, 1.82) is 0 Å². The monoisotopic (exact) mass is 479 g/mol. The Balaban J connectivity index is 1.84. The number of carbonyl (C=O) groups excluding carboxylic acids is 1. The highest BCUT2D eigenvalue weighted by Gasteiger charge is 2.28. The van der Waals surface area contributed by atoms with E-state index in [4.69, 9.17) is 5.11 Å². The Morgan fingerprint density at radius 2 is 1.56 bits per heavy atom. The molecule has 0 aromatic heterocycles. The molecule has 34 heavy (non-hydrogen) atoms. The zero-order valence-corrected chi connectivity index (χ0v) is 19.8. The normalized spacial score (nSPS) is 11.4.